The number of nitrogens with zero attached hydrogens (tertiary/aromatic N) is 2. The van der Waals surface area contributed by atoms with Gasteiger partial charge in [-0.1, -0.05) is 24.9 Å². The summed E-state index contributed by atoms with van der Waals surface area (Å²) in [5.74, 6) is 1.51. The first kappa shape index (κ1) is 14.7. The Morgan fingerprint density at radius 1 is 1.40 bits per heavy atom. The third-order valence-corrected chi connectivity index (χ3v) is 3.35. The molecule has 20 heavy (non-hydrogen) atoms. The van der Waals surface area contributed by atoms with E-state index in [0.717, 1.165) is 36.7 Å². The average Bonchev–Trinajstić information content (AvgIpc) is 2.76. The summed E-state index contributed by atoms with van der Waals surface area (Å²) in [6, 6.07) is 5.62. The minimum atomic E-state index is 0.584. The molecule has 0 amide bonds. The molecule has 0 aliphatic rings. The van der Waals surface area contributed by atoms with E-state index in [1.54, 1.807) is 7.11 Å². The third kappa shape index (κ3) is 3.45. The van der Waals surface area contributed by atoms with Crippen LogP contribution in [0.1, 0.15) is 25.5 Å². The molecule has 1 N–H and O–H groups in total. The molecule has 4 nitrogen and oxygen atoms in total. The zero-order chi connectivity index (χ0) is 14.5. The number of anilines is 2. The van der Waals surface area contributed by atoms with Crippen molar-refractivity contribution >= 4 is 23.2 Å². The predicted molar refractivity (Wildman–Crippen MR) is 83.2 cm³/mol. The fourth-order valence-corrected chi connectivity index (χ4v) is 2.28. The van der Waals surface area contributed by atoms with Gasteiger partial charge in [-0.15, -0.1) is 0 Å². The van der Waals surface area contributed by atoms with Crippen LogP contribution in [0.25, 0.3) is 0 Å². The molecule has 2 aromatic rings. The van der Waals surface area contributed by atoms with Crippen molar-refractivity contribution in [3.63, 3.8) is 0 Å². The molecule has 1 heterocycles. The number of halogens is 1. The minimum absolute atomic E-state index is 0.584. The lowest BCUT2D eigenvalue weighted by atomic mass is 10.3. The Labute approximate surface area is 124 Å². The zero-order valence-electron chi connectivity index (χ0n) is 12.1. The molecule has 0 saturated carbocycles. The van der Waals surface area contributed by atoms with E-state index in [1.165, 1.54) is 0 Å². The van der Waals surface area contributed by atoms with Gasteiger partial charge in [0.1, 0.15) is 5.75 Å². The van der Waals surface area contributed by atoms with Gasteiger partial charge < -0.3 is 14.6 Å². The quantitative estimate of drug-likeness (QED) is 0.858. The van der Waals surface area contributed by atoms with Gasteiger partial charge in [0.2, 0.25) is 5.95 Å². The fraction of sp³-hybridized carbons (Fsp3) is 0.400. The van der Waals surface area contributed by atoms with Crippen LogP contribution in [0.3, 0.4) is 0 Å². The highest BCUT2D eigenvalue weighted by Gasteiger charge is 2.07. The van der Waals surface area contributed by atoms with Crippen LogP contribution in [-0.4, -0.2) is 16.7 Å². The summed E-state index contributed by atoms with van der Waals surface area (Å²) in [5.41, 5.74) is 1.90. The maximum absolute atomic E-state index is 6.13. The van der Waals surface area contributed by atoms with Crippen molar-refractivity contribution in [3.05, 3.63) is 35.1 Å². The Hall–Kier alpha value is -1.68. The fourth-order valence-electron chi connectivity index (χ4n) is 2.02. The van der Waals surface area contributed by atoms with Crippen molar-refractivity contribution in [2.45, 2.75) is 33.2 Å². The number of hydrogen-bond donors (Lipinski definition) is 1. The van der Waals surface area contributed by atoms with Crippen LogP contribution in [0.4, 0.5) is 11.6 Å². The van der Waals surface area contributed by atoms with Crippen LogP contribution in [0.15, 0.2) is 24.4 Å². The molecule has 0 radical (unpaired) electrons. The van der Waals surface area contributed by atoms with E-state index in [-0.39, 0.29) is 0 Å². The van der Waals surface area contributed by atoms with Gasteiger partial charge in [0.25, 0.3) is 0 Å². The van der Waals surface area contributed by atoms with Gasteiger partial charge in [-0.05, 0) is 31.5 Å². The molecule has 1 aromatic heterocycles. The number of nitrogens with one attached hydrogen (secondary N) is 1. The van der Waals surface area contributed by atoms with Crippen molar-refractivity contribution < 1.29 is 4.74 Å². The molecule has 0 atom stereocenters. The summed E-state index contributed by atoms with van der Waals surface area (Å²) in [6.45, 7) is 5.14. The number of aromatic nitrogens is 2. The van der Waals surface area contributed by atoms with E-state index >= 15 is 0 Å². The van der Waals surface area contributed by atoms with Gasteiger partial charge in [-0.3, -0.25) is 0 Å². The van der Waals surface area contributed by atoms with E-state index in [9.17, 15) is 0 Å². The smallest absolute Gasteiger partial charge is 0.207 e. The lowest BCUT2D eigenvalue weighted by Gasteiger charge is -2.10. The Balaban J connectivity index is 2.18. The van der Waals surface area contributed by atoms with Gasteiger partial charge in [0, 0.05) is 18.4 Å². The number of rotatable bonds is 6. The highest BCUT2D eigenvalue weighted by molar-refractivity contribution is 6.32. The highest BCUT2D eigenvalue weighted by Crippen LogP contribution is 2.28. The van der Waals surface area contributed by atoms with Gasteiger partial charge in [-0.2, -0.15) is 0 Å². The van der Waals surface area contributed by atoms with Gasteiger partial charge in [0.05, 0.1) is 17.8 Å². The summed E-state index contributed by atoms with van der Waals surface area (Å²) >= 11 is 6.13. The van der Waals surface area contributed by atoms with Crippen molar-refractivity contribution in [2.24, 2.45) is 0 Å². The first-order chi connectivity index (χ1) is 9.63. The Morgan fingerprint density at radius 2 is 2.20 bits per heavy atom. The van der Waals surface area contributed by atoms with Crippen molar-refractivity contribution in [3.8, 4) is 5.75 Å². The number of ether oxygens (including phenoxy) is 1. The molecular weight excluding hydrogens is 274 g/mol. The summed E-state index contributed by atoms with van der Waals surface area (Å²) < 4.78 is 7.29. The first-order valence-electron chi connectivity index (χ1n) is 6.78. The number of aryl methyl sites for hydroxylation is 2. The van der Waals surface area contributed by atoms with E-state index in [4.69, 9.17) is 16.3 Å². The van der Waals surface area contributed by atoms with Crippen LogP contribution in [-0.2, 0) is 6.54 Å². The standard InChI is InChI=1S/C15H20ClN3O/c1-4-5-8-19-10-11(2)17-15(19)18-12-6-7-14(20-3)13(16)9-12/h6-7,9-10H,4-5,8H2,1-3H3,(H,17,18). The normalized spacial score (nSPS) is 10.6. The maximum atomic E-state index is 6.13. The summed E-state index contributed by atoms with van der Waals surface area (Å²) in [6.07, 6.45) is 4.35. The van der Waals surface area contributed by atoms with Crippen LogP contribution >= 0.6 is 11.6 Å². The second kappa shape index (κ2) is 6.66. The Bertz CT molecular complexity index is 580. The number of unbranched alkanes of at least 4 members (excludes halogenated alkanes) is 1. The molecule has 0 bridgehead atoms. The predicted octanol–water partition coefficient (Wildman–Crippen LogP) is 4.40. The van der Waals surface area contributed by atoms with Gasteiger partial charge >= 0.3 is 0 Å². The second-order valence-corrected chi connectivity index (χ2v) is 5.13. The van der Waals surface area contributed by atoms with Crippen molar-refractivity contribution in [1.29, 1.82) is 0 Å². The SMILES string of the molecule is CCCCn1cc(C)nc1Nc1ccc(OC)c(Cl)c1. The van der Waals surface area contributed by atoms with Crippen molar-refractivity contribution in [2.75, 3.05) is 12.4 Å². The summed E-state index contributed by atoms with van der Waals surface area (Å²) in [4.78, 5) is 4.51. The maximum Gasteiger partial charge on any atom is 0.207 e. The van der Waals surface area contributed by atoms with Crippen LogP contribution in [0, 0.1) is 6.92 Å². The molecule has 0 unspecified atom stereocenters. The number of methoxy groups -OCH3 is 1. The van der Waals surface area contributed by atoms with E-state index in [1.807, 2.05) is 25.1 Å². The van der Waals surface area contributed by atoms with E-state index in [2.05, 4.69) is 28.0 Å². The molecule has 5 heteroatoms. The Morgan fingerprint density at radius 3 is 2.85 bits per heavy atom. The lowest BCUT2D eigenvalue weighted by Crippen LogP contribution is -2.03. The second-order valence-electron chi connectivity index (χ2n) is 4.73. The van der Waals surface area contributed by atoms with Crippen LogP contribution in [0.2, 0.25) is 5.02 Å². The number of hydrogen-bond acceptors (Lipinski definition) is 3. The number of benzene rings is 1. The largest absolute Gasteiger partial charge is 0.495 e. The third-order valence-electron chi connectivity index (χ3n) is 3.06. The van der Waals surface area contributed by atoms with Crippen molar-refractivity contribution in [1.82, 2.24) is 9.55 Å². The highest BCUT2D eigenvalue weighted by atomic mass is 35.5. The molecule has 2 rings (SSSR count). The monoisotopic (exact) mass is 293 g/mol. The lowest BCUT2D eigenvalue weighted by molar-refractivity contribution is 0.415. The molecule has 108 valence electrons. The zero-order valence-corrected chi connectivity index (χ0v) is 12.9. The van der Waals surface area contributed by atoms with Crippen LogP contribution in [0.5, 0.6) is 5.75 Å². The average molecular weight is 294 g/mol. The summed E-state index contributed by atoms with van der Waals surface area (Å²) in [7, 11) is 1.61. The molecule has 0 spiro atoms. The Kier molecular flexibility index (Phi) is 4.90. The summed E-state index contributed by atoms with van der Waals surface area (Å²) in [5, 5.41) is 3.89. The molecule has 0 saturated heterocycles. The molecule has 0 fully saturated rings. The minimum Gasteiger partial charge on any atom is -0.495 e. The van der Waals surface area contributed by atoms with E-state index in [0.29, 0.717) is 10.8 Å². The topological polar surface area (TPSA) is 39.1 Å². The van der Waals surface area contributed by atoms with Gasteiger partial charge in [-0.25, -0.2) is 4.98 Å². The molecule has 0 aliphatic carbocycles. The van der Waals surface area contributed by atoms with Gasteiger partial charge in [0.15, 0.2) is 0 Å². The number of imidazole rings is 1. The first-order valence-corrected chi connectivity index (χ1v) is 7.16. The van der Waals surface area contributed by atoms with Crippen LogP contribution < -0.4 is 10.1 Å². The molecule has 0 aliphatic heterocycles. The molecule has 1 aromatic carbocycles. The van der Waals surface area contributed by atoms with E-state index < -0.39 is 0 Å². The molecular formula is C15H20ClN3O.